The molecule has 0 N–H and O–H groups in total. The molecule has 2 heterocycles. The van der Waals surface area contributed by atoms with Crippen molar-refractivity contribution < 1.29 is 19.1 Å². The normalized spacial score (nSPS) is 12.2. The molecule has 0 aliphatic heterocycles. The van der Waals surface area contributed by atoms with Gasteiger partial charge in [0.2, 0.25) is 5.78 Å². The third kappa shape index (κ3) is 3.50. The van der Waals surface area contributed by atoms with E-state index in [1.807, 2.05) is 38.1 Å². The maximum atomic E-state index is 12.5. The highest BCUT2D eigenvalue weighted by atomic mass is 32.1. The van der Waals surface area contributed by atoms with Gasteiger partial charge in [-0.1, -0.05) is 0 Å². The van der Waals surface area contributed by atoms with Gasteiger partial charge in [0.1, 0.15) is 10.6 Å². The van der Waals surface area contributed by atoms with Gasteiger partial charge in [0.15, 0.2) is 6.61 Å². The highest BCUT2D eigenvalue weighted by Gasteiger charge is 2.23. The first-order valence-electron chi connectivity index (χ1n) is 9.03. The van der Waals surface area contributed by atoms with Crippen LogP contribution in [0.15, 0.2) is 30.3 Å². The van der Waals surface area contributed by atoms with Crippen molar-refractivity contribution in [1.29, 1.82) is 0 Å². The summed E-state index contributed by atoms with van der Waals surface area (Å²) in [4.78, 5) is 28.6. The van der Waals surface area contributed by atoms with Gasteiger partial charge in [-0.3, -0.25) is 4.79 Å². The van der Waals surface area contributed by atoms with Crippen LogP contribution >= 0.6 is 22.7 Å². The fraction of sp³-hybridized carbons (Fsp3) is 0.273. The first-order chi connectivity index (χ1) is 13.5. The predicted molar refractivity (Wildman–Crippen MR) is 112 cm³/mol. The van der Waals surface area contributed by atoms with Gasteiger partial charge >= 0.3 is 5.97 Å². The van der Waals surface area contributed by atoms with E-state index in [4.69, 9.17) is 9.47 Å². The van der Waals surface area contributed by atoms with E-state index in [0.29, 0.717) is 10.4 Å². The van der Waals surface area contributed by atoms with E-state index in [1.54, 1.807) is 18.4 Å². The number of benzene rings is 1. The number of carbonyl (C=O) groups excluding carboxylic acids is 2. The quantitative estimate of drug-likeness (QED) is 0.425. The molecule has 0 saturated heterocycles. The third-order valence-electron chi connectivity index (χ3n) is 4.91. The molecule has 1 aliphatic carbocycles. The molecule has 0 atom stereocenters. The molecule has 4 nitrogen and oxygen atoms in total. The first-order valence-corrected chi connectivity index (χ1v) is 10.7. The summed E-state index contributed by atoms with van der Waals surface area (Å²) in [6.07, 6.45) is 1.80. The van der Waals surface area contributed by atoms with Crippen molar-refractivity contribution >= 4 is 34.4 Å². The molecule has 144 valence electrons. The first kappa shape index (κ1) is 18.9. The van der Waals surface area contributed by atoms with Crippen LogP contribution in [0.25, 0.3) is 10.4 Å². The summed E-state index contributed by atoms with van der Waals surface area (Å²) in [6.45, 7) is 3.64. The van der Waals surface area contributed by atoms with Crippen LogP contribution in [-0.4, -0.2) is 25.5 Å². The summed E-state index contributed by atoms with van der Waals surface area (Å²) >= 11 is 3.00. The lowest BCUT2D eigenvalue weighted by molar-refractivity contribution is 0.0479. The molecule has 0 bridgehead atoms. The van der Waals surface area contributed by atoms with Crippen molar-refractivity contribution in [3.63, 3.8) is 0 Å². The zero-order valence-electron chi connectivity index (χ0n) is 16.0. The summed E-state index contributed by atoms with van der Waals surface area (Å²) in [5, 5.41) is 0. The van der Waals surface area contributed by atoms with Gasteiger partial charge in [-0.25, -0.2) is 4.79 Å². The van der Waals surface area contributed by atoms with Crippen molar-refractivity contribution in [2.24, 2.45) is 0 Å². The molecule has 2 aromatic heterocycles. The molecule has 0 amide bonds. The Morgan fingerprint density at radius 3 is 2.54 bits per heavy atom. The van der Waals surface area contributed by atoms with Gasteiger partial charge < -0.3 is 9.47 Å². The number of thiophene rings is 2. The van der Waals surface area contributed by atoms with Crippen molar-refractivity contribution in [3.8, 4) is 16.2 Å². The smallest absolute Gasteiger partial charge is 0.348 e. The Morgan fingerprint density at radius 2 is 1.82 bits per heavy atom. The number of esters is 1. The number of fused-ring (bicyclic) bond motifs is 3. The van der Waals surface area contributed by atoms with Crippen molar-refractivity contribution in [2.75, 3.05) is 13.7 Å². The topological polar surface area (TPSA) is 52.6 Å². The van der Waals surface area contributed by atoms with Crippen LogP contribution in [0.5, 0.6) is 5.75 Å². The van der Waals surface area contributed by atoms with Gasteiger partial charge in [-0.2, -0.15) is 0 Å². The maximum Gasteiger partial charge on any atom is 0.348 e. The Balaban J connectivity index is 1.50. The average Bonchev–Trinajstić information content (AvgIpc) is 3.28. The second-order valence-corrected chi connectivity index (χ2v) is 9.33. The van der Waals surface area contributed by atoms with Crippen LogP contribution in [0.3, 0.4) is 0 Å². The fourth-order valence-electron chi connectivity index (χ4n) is 3.53. The van der Waals surface area contributed by atoms with Crippen molar-refractivity contribution in [2.45, 2.75) is 26.7 Å². The van der Waals surface area contributed by atoms with E-state index in [0.717, 1.165) is 44.3 Å². The maximum absolute atomic E-state index is 12.5. The minimum Gasteiger partial charge on any atom is -0.497 e. The summed E-state index contributed by atoms with van der Waals surface area (Å²) in [7, 11) is 1.66. The van der Waals surface area contributed by atoms with E-state index in [-0.39, 0.29) is 12.4 Å². The van der Waals surface area contributed by atoms with E-state index in [1.165, 1.54) is 16.9 Å². The van der Waals surface area contributed by atoms with Gasteiger partial charge in [0.05, 0.1) is 7.11 Å². The second kappa shape index (κ2) is 7.53. The SMILES string of the molecule is COc1ccc2c(c1)CCc1cc(C(=O)OCC(=O)c3cc(C)sc3C)sc1-2. The van der Waals surface area contributed by atoms with Crippen LogP contribution in [-0.2, 0) is 17.6 Å². The Morgan fingerprint density at radius 1 is 1.04 bits per heavy atom. The number of hydrogen-bond acceptors (Lipinski definition) is 6. The summed E-state index contributed by atoms with van der Waals surface area (Å²) in [5.41, 5.74) is 4.17. The number of Topliss-reactive ketones (excluding diaryl/α,β-unsaturated/α-hetero) is 1. The van der Waals surface area contributed by atoms with Crippen molar-refractivity contribution in [1.82, 2.24) is 0 Å². The average molecular weight is 413 g/mol. The van der Waals surface area contributed by atoms with Gasteiger partial charge in [-0.05, 0) is 73.7 Å². The lowest BCUT2D eigenvalue weighted by Crippen LogP contribution is -2.13. The molecule has 4 rings (SSSR count). The molecular formula is C22H20O4S2. The molecule has 1 aromatic carbocycles. The number of carbonyl (C=O) groups is 2. The lowest BCUT2D eigenvalue weighted by Gasteiger charge is -2.16. The molecule has 0 spiro atoms. The molecular weight excluding hydrogens is 392 g/mol. The zero-order chi connectivity index (χ0) is 19.8. The number of aryl methyl sites for hydroxylation is 4. The Labute approximate surface area is 171 Å². The summed E-state index contributed by atoms with van der Waals surface area (Å²) < 4.78 is 10.6. The van der Waals surface area contributed by atoms with Crippen LogP contribution < -0.4 is 4.74 Å². The van der Waals surface area contributed by atoms with Crippen LogP contribution in [0.1, 0.15) is 40.9 Å². The molecule has 3 aromatic rings. The van der Waals surface area contributed by atoms with E-state index in [9.17, 15) is 9.59 Å². The molecule has 0 radical (unpaired) electrons. The molecule has 6 heteroatoms. The van der Waals surface area contributed by atoms with E-state index >= 15 is 0 Å². The second-order valence-electron chi connectivity index (χ2n) is 6.81. The number of rotatable bonds is 5. The van der Waals surface area contributed by atoms with Crippen LogP contribution in [0.2, 0.25) is 0 Å². The predicted octanol–water partition coefficient (Wildman–Crippen LogP) is 5.24. The molecule has 0 fully saturated rings. The molecule has 1 aliphatic rings. The van der Waals surface area contributed by atoms with Crippen LogP contribution in [0, 0.1) is 13.8 Å². The Bertz CT molecular complexity index is 1070. The van der Waals surface area contributed by atoms with Crippen molar-refractivity contribution in [3.05, 3.63) is 61.7 Å². The zero-order valence-corrected chi connectivity index (χ0v) is 17.6. The minimum atomic E-state index is -0.438. The highest BCUT2D eigenvalue weighted by Crippen LogP contribution is 2.41. The Kier molecular flexibility index (Phi) is 5.08. The lowest BCUT2D eigenvalue weighted by atomic mass is 9.91. The minimum absolute atomic E-state index is 0.158. The van der Waals surface area contributed by atoms with Crippen LogP contribution in [0.4, 0.5) is 0 Å². The Hall–Kier alpha value is -2.44. The molecule has 0 saturated carbocycles. The third-order valence-corrected chi connectivity index (χ3v) is 7.06. The number of hydrogen-bond donors (Lipinski definition) is 0. The van der Waals surface area contributed by atoms with E-state index < -0.39 is 5.97 Å². The van der Waals surface area contributed by atoms with E-state index in [2.05, 4.69) is 6.07 Å². The number of ketones is 1. The monoisotopic (exact) mass is 412 g/mol. The van der Waals surface area contributed by atoms with Gasteiger partial charge in [0.25, 0.3) is 0 Å². The molecule has 28 heavy (non-hydrogen) atoms. The fourth-order valence-corrected chi connectivity index (χ4v) is 5.63. The number of methoxy groups -OCH3 is 1. The largest absolute Gasteiger partial charge is 0.497 e. The highest BCUT2D eigenvalue weighted by molar-refractivity contribution is 7.17. The van der Waals surface area contributed by atoms with Gasteiger partial charge in [-0.15, -0.1) is 22.7 Å². The number of ether oxygens (including phenoxy) is 2. The molecule has 0 unspecified atom stereocenters. The van der Waals surface area contributed by atoms with Gasteiger partial charge in [0, 0.05) is 20.2 Å². The summed E-state index contributed by atoms with van der Waals surface area (Å²) in [5.74, 6) is 0.247. The summed E-state index contributed by atoms with van der Waals surface area (Å²) in [6, 6.07) is 9.80. The standard InChI is InChI=1S/C22H20O4S2/c1-12-8-18(13(2)27-12)19(23)11-26-22(24)20-10-15-5-4-14-9-16(25-3)6-7-17(14)21(15)28-20/h6-10H,4-5,11H2,1-3H3.